The number of carboxylic acids is 2. The van der Waals surface area contributed by atoms with Gasteiger partial charge in [0.2, 0.25) is 5.91 Å². The van der Waals surface area contributed by atoms with E-state index in [9.17, 15) is 24.6 Å². The highest BCUT2D eigenvalue weighted by atomic mass is 16.4. The topological polar surface area (TPSA) is 104 Å². The highest BCUT2D eigenvalue weighted by Crippen LogP contribution is 2.32. The van der Waals surface area contributed by atoms with Crippen LogP contribution in [0.15, 0.2) is 54.6 Å². The summed E-state index contributed by atoms with van der Waals surface area (Å²) in [5.41, 5.74) is 3.18. The van der Waals surface area contributed by atoms with E-state index in [2.05, 4.69) is 5.32 Å². The van der Waals surface area contributed by atoms with E-state index in [0.717, 1.165) is 16.7 Å². The Morgan fingerprint density at radius 2 is 1.55 bits per heavy atom. The monoisotopic (exact) mass is 423 g/mol. The van der Waals surface area contributed by atoms with E-state index in [1.807, 2.05) is 54.6 Å². The quantitative estimate of drug-likeness (QED) is 0.566. The number of carbonyl (C=O) groups is 3. The van der Waals surface area contributed by atoms with Crippen molar-refractivity contribution in [2.24, 2.45) is 17.8 Å². The highest BCUT2D eigenvalue weighted by Gasteiger charge is 2.38. The van der Waals surface area contributed by atoms with Crippen molar-refractivity contribution in [1.29, 1.82) is 0 Å². The molecule has 0 radical (unpaired) electrons. The SMILES string of the molecule is CC(CC(Cc1ccc(-c2ccccc2)cc1)NC(=O)[C@@H]1CCC[C@@H]1C(=O)O)C(=O)O. The zero-order valence-corrected chi connectivity index (χ0v) is 17.7. The van der Waals surface area contributed by atoms with Crippen molar-refractivity contribution in [2.75, 3.05) is 0 Å². The fourth-order valence-electron chi connectivity index (χ4n) is 4.35. The lowest BCUT2D eigenvalue weighted by Crippen LogP contribution is -2.43. The van der Waals surface area contributed by atoms with Gasteiger partial charge in [0.15, 0.2) is 0 Å². The molecule has 6 heteroatoms. The molecule has 1 saturated carbocycles. The van der Waals surface area contributed by atoms with Crippen LogP contribution in [0.5, 0.6) is 0 Å². The van der Waals surface area contributed by atoms with Crippen LogP contribution in [0, 0.1) is 17.8 Å². The Hall–Kier alpha value is -3.15. The molecule has 2 aromatic rings. The summed E-state index contributed by atoms with van der Waals surface area (Å²) in [5, 5.41) is 21.7. The molecule has 4 atom stereocenters. The van der Waals surface area contributed by atoms with Crippen molar-refractivity contribution < 1.29 is 24.6 Å². The van der Waals surface area contributed by atoms with Gasteiger partial charge >= 0.3 is 11.9 Å². The first-order chi connectivity index (χ1) is 14.8. The summed E-state index contributed by atoms with van der Waals surface area (Å²) in [6.45, 7) is 1.62. The minimum atomic E-state index is -0.940. The first kappa shape index (κ1) is 22.5. The summed E-state index contributed by atoms with van der Waals surface area (Å²) >= 11 is 0. The molecule has 1 amide bonds. The number of hydrogen-bond donors (Lipinski definition) is 3. The first-order valence-corrected chi connectivity index (χ1v) is 10.8. The molecule has 1 aliphatic carbocycles. The second-order valence-electron chi connectivity index (χ2n) is 8.43. The average molecular weight is 424 g/mol. The van der Waals surface area contributed by atoms with Crippen LogP contribution in [-0.2, 0) is 20.8 Å². The maximum atomic E-state index is 12.8. The van der Waals surface area contributed by atoms with Gasteiger partial charge in [-0.05, 0) is 42.4 Å². The maximum absolute atomic E-state index is 12.8. The Balaban J connectivity index is 1.72. The van der Waals surface area contributed by atoms with E-state index >= 15 is 0 Å². The standard InChI is InChI=1S/C25H29NO5/c1-16(24(28)29)14-20(26-23(27)21-8-5-9-22(21)25(30)31)15-17-10-12-19(13-11-17)18-6-3-2-4-7-18/h2-4,6-7,10-13,16,20-22H,5,8-9,14-15H2,1H3,(H,26,27)(H,28,29)(H,30,31)/t16?,20?,21-,22+/m1/s1. The van der Waals surface area contributed by atoms with Gasteiger partial charge in [-0.2, -0.15) is 0 Å². The van der Waals surface area contributed by atoms with Crippen molar-refractivity contribution in [3.63, 3.8) is 0 Å². The molecule has 164 valence electrons. The van der Waals surface area contributed by atoms with E-state index in [4.69, 9.17) is 0 Å². The molecule has 0 bridgehead atoms. The van der Waals surface area contributed by atoms with Gasteiger partial charge in [-0.25, -0.2) is 0 Å². The van der Waals surface area contributed by atoms with E-state index in [1.165, 1.54) is 0 Å². The summed E-state index contributed by atoms with van der Waals surface area (Å²) in [5.74, 6) is -3.98. The lowest BCUT2D eigenvalue weighted by molar-refractivity contribution is -0.146. The molecule has 3 N–H and O–H groups in total. The third-order valence-electron chi connectivity index (χ3n) is 6.12. The summed E-state index contributed by atoms with van der Waals surface area (Å²) in [6.07, 6.45) is 2.54. The van der Waals surface area contributed by atoms with Crippen LogP contribution in [0.1, 0.15) is 38.2 Å². The van der Waals surface area contributed by atoms with Crippen LogP contribution in [0.2, 0.25) is 0 Å². The minimum Gasteiger partial charge on any atom is -0.481 e. The molecule has 1 aliphatic rings. The third-order valence-corrected chi connectivity index (χ3v) is 6.12. The normalized spacial score (nSPS) is 20.0. The number of carbonyl (C=O) groups excluding carboxylic acids is 1. The predicted molar refractivity (Wildman–Crippen MR) is 117 cm³/mol. The molecule has 31 heavy (non-hydrogen) atoms. The van der Waals surface area contributed by atoms with Crippen molar-refractivity contribution in [3.05, 3.63) is 60.2 Å². The molecule has 0 heterocycles. The Kier molecular flexibility index (Phi) is 7.45. The van der Waals surface area contributed by atoms with Crippen molar-refractivity contribution in [2.45, 2.75) is 45.1 Å². The maximum Gasteiger partial charge on any atom is 0.307 e. The van der Waals surface area contributed by atoms with E-state index < -0.39 is 29.7 Å². The van der Waals surface area contributed by atoms with Crippen LogP contribution < -0.4 is 5.32 Å². The number of benzene rings is 2. The van der Waals surface area contributed by atoms with E-state index in [-0.39, 0.29) is 18.4 Å². The molecular formula is C25H29NO5. The summed E-state index contributed by atoms with van der Waals surface area (Å²) in [6, 6.07) is 17.6. The van der Waals surface area contributed by atoms with Crippen molar-refractivity contribution in [1.82, 2.24) is 5.32 Å². The summed E-state index contributed by atoms with van der Waals surface area (Å²) in [7, 11) is 0. The lowest BCUT2D eigenvalue weighted by atomic mass is 9.92. The molecular weight excluding hydrogens is 394 g/mol. The minimum absolute atomic E-state index is 0.284. The zero-order valence-electron chi connectivity index (χ0n) is 17.7. The fourth-order valence-corrected chi connectivity index (χ4v) is 4.35. The Bertz CT molecular complexity index is 909. The van der Waals surface area contributed by atoms with Crippen LogP contribution in [0.25, 0.3) is 11.1 Å². The molecule has 0 spiro atoms. The molecule has 0 aliphatic heterocycles. The Labute approximate surface area is 182 Å². The molecule has 2 aromatic carbocycles. The van der Waals surface area contributed by atoms with Crippen molar-refractivity contribution >= 4 is 17.8 Å². The molecule has 6 nitrogen and oxygen atoms in total. The first-order valence-electron chi connectivity index (χ1n) is 10.8. The molecule has 3 rings (SSSR count). The third kappa shape index (κ3) is 5.94. The Morgan fingerprint density at radius 1 is 0.935 bits per heavy atom. The van der Waals surface area contributed by atoms with Crippen LogP contribution >= 0.6 is 0 Å². The van der Waals surface area contributed by atoms with Gasteiger partial charge in [-0.3, -0.25) is 14.4 Å². The molecule has 0 saturated heterocycles. The Morgan fingerprint density at radius 3 is 2.16 bits per heavy atom. The number of aliphatic carboxylic acids is 2. The zero-order chi connectivity index (χ0) is 22.4. The van der Waals surface area contributed by atoms with Gasteiger partial charge in [0, 0.05) is 6.04 Å². The number of hydrogen-bond acceptors (Lipinski definition) is 3. The van der Waals surface area contributed by atoms with E-state index in [0.29, 0.717) is 25.7 Å². The smallest absolute Gasteiger partial charge is 0.307 e. The fraction of sp³-hybridized carbons (Fsp3) is 0.400. The van der Waals surface area contributed by atoms with Gasteiger partial charge < -0.3 is 15.5 Å². The van der Waals surface area contributed by atoms with Crippen LogP contribution in [0.4, 0.5) is 0 Å². The van der Waals surface area contributed by atoms with E-state index in [1.54, 1.807) is 6.92 Å². The molecule has 2 unspecified atom stereocenters. The van der Waals surface area contributed by atoms with Crippen LogP contribution in [0.3, 0.4) is 0 Å². The second-order valence-corrected chi connectivity index (χ2v) is 8.43. The largest absolute Gasteiger partial charge is 0.481 e. The summed E-state index contributed by atoms with van der Waals surface area (Å²) in [4.78, 5) is 35.7. The van der Waals surface area contributed by atoms with Gasteiger partial charge in [0.25, 0.3) is 0 Å². The van der Waals surface area contributed by atoms with Gasteiger partial charge in [0.1, 0.15) is 0 Å². The molecule has 0 aromatic heterocycles. The average Bonchev–Trinajstić information content (AvgIpc) is 3.25. The number of nitrogens with one attached hydrogen (secondary N) is 1. The van der Waals surface area contributed by atoms with Gasteiger partial charge in [0.05, 0.1) is 17.8 Å². The van der Waals surface area contributed by atoms with Gasteiger partial charge in [-0.1, -0.05) is 67.9 Å². The van der Waals surface area contributed by atoms with Crippen molar-refractivity contribution in [3.8, 4) is 11.1 Å². The van der Waals surface area contributed by atoms with Crippen LogP contribution in [-0.4, -0.2) is 34.1 Å². The number of rotatable bonds is 9. The summed E-state index contributed by atoms with van der Waals surface area (Å²) < 4.78 is 0. The second kappa shape index (κ2) is 10.2. The molecule has 1 fully saturated rings. The highest BCUT2D eigenvalue weighted by molar-refractivity contribution is 5.85. The van der Waals surface area contributed by atoms with Gasteiger partial charge in [-0.15, -0.1) is 0 Å². The number of carboxylic acid groups (broad SMARTS) is 2. The lowest BCUT2D eigenvalue weighted by Gasteiger charge is -2.24. The number of amides is 1. The predicted octanol–water partition coefficient (Wildman–Crippen LogP) is 3.99.